The quantitative estimate of drug-likeness (QED) is 0.831. The lowest BCUT2D eigenvalue weighted by Crippen LogP contribution is -2.47. The van der Waals surface area contributed by atoms with Crippen molar-refractivity contribution in [3.05, 3.63) is 35.4 Å². The van der Waals surface area contributed by atoms with E-state index in [1.54, 1.807) is 31.4 Å². The van der Waals surface area contributed by atoms with Crippen LogP contribution in [0.25, 0.3) is 0 Å². The molecule has 0 aromatic heterocycles. The highest BCUT2D eigenvalue weighted by atomic mass is 16.5. The predicted octanol–water partition coefficient (Wildman–Crippen LogP) is 1.44. The third kappa shape index (κ3) is 4.29. The number of benzene rings is 1. The number of hydrogen-bond donors (Lipinski definition) is 2. The summed E-state index contributed by atoms with van der Waals surface area (Å²) in [6.45, 7) is 1.55. The summed E-state index contributed by atoms with van der Waals surface area (Å²) in [5, 5.41) is 12.0. The van der Waals surface area contributed by atoms with E-state index in [1.165, 1.54) is 0 Å². The standard InChI is InChI=1S/C16H21NO5/c1-21-10-11-2-4-13(5-3-11)15(18)17-14(16(19)20)12-6-8-22-9-7-12/h2-5,12,14H,6-10H2,1H3,(H,17,18)(H,19,20). The number of hydrogen-bond acceptors (Lipinski definition) is 4. The van der Waals surface area contributed by atoms with Crippen molar-refractivity contribution in [1.29, 1.82) is 0 Å². The van der Waals surface area contributed by atoms with Crippen LogP contribution in [0.3, 0.4) is 0 Å². The van der Waals surface area contributed by atoms with Crippen LogP contribution in [0, 0.1) is 5.92 Å². The van der Waals surface area contributed by atoms with E-state index >= 15 is 0 Å². The van der Waals surface area contributed by atoms with E-state index in [-0.39, 0.29) is 11.8 Å². The van der Waals surface area contributed by atoms with Crippen LogP contribution in [0.1, 0.15) is 28.8 Å². The molecule has 1 aromatic rings. The summed E-state index contributed by atoms with van der Waals surface area (Å²) in [5.74, 6) is -1.47. The maximum absolute atomic E-state index is 12.2. The summed E-state index contributed by atoms with van der Waals surface area (Å²) in [7, 11) is 1.60. The average molecular weight is 307 g/mol. The van der Waals surface area contributed by atoms with Gasteiger partial charge in [0.05, 0.1) is 6.61 Å². The maximum Gasteiger partial charge on any atom is 0.326 e. The zero-order valence-corrected chi connectivity index (χ0v) is 12.6. The van der Waals surface area contributed by atoms with Crippen LogP contribution >= 0.6 is 0 Å². The first kappa shape index (κ1) is 16.5. The minimum atomic E-state index is -1.00. The molecule has 1 saturated heterocycles. The van der Waals surface area contributed by atoms with Crippen molar-refractivity contribution in [1.82, 2.24) is 5.32 Å². The Morgan fingerprint density at radius 1 is 1.32 bits per heavy atom. The molecule has 1 aromatic carbocycles. The first-order valence-corrected chi connectivity index (χ1v) is 7.31. The van der Waals surface area contributed by atoms with Crippen LogP contribution in [0.5, 0.6) is 0 Å². The van der Waals surface area contributed by atoms with Crippen LogP contribution < -0.4 is 5.32 Å². The highest BCUT2D eigenvalue weighted by molar-refractivity contribution is 5.96. The van der Waals surface area contributed by atoms with Gasteiger partial charge in [0.15, 0.2) is 0 Å². The second-order valence-electron chi connectivity index (χ2n) is 5.37. The number of nitrogens with one attached hydrogen (secondary N) is 1. The second-order valence-corrected chi connectivity index (χ2v) is 5.37. The van der Waals surface area contributed by atoms with E-state index < -0.39 is 12.0 Å². The first-order chi connectivity index (χ1) is 10.6. The van der Waals surface area contributed by atoms with E-state index in [0.717, 1.165) is 5.56 Å². The fourth-order valence-corrected chi connectivity index (χ4v) is 2.57. The largest absolute Gasteiger partial charge is 0.480 e. The van der Waals surface area contributed by atoms with Gasteiger partial charge in [0.25, 0.3) is 5.91 Å². The Morgan fingerprint density at radius 3 is 2.50 bits per heavy atom. The smallest absolute Gasteiger partial charge is 0.326 e. The fourth-order valence-electron chi connectivity index (χ4n) is 2.57. The van der Waals surface area contributed by atoms with Crippen LogP contribution in [0.2, 0.25) is 0 Å². The first-order valence-electron chi connectivity index (χ1n) is 7.31. The van der Waals surface area contributed by atoms with Crippen molar-refractivity contribution in [3.63, 3.8) is 0 Å². The minimum absolute atomic E-state index is 0.0945. The lowest BCUT2D eigenvalue weighted by atomic mass is 9.91. The summed E-state index contributed by atoms with van der Waals surface area (Å²) in [6.07, 6.45) is 1.29. The molecule has 2 N–H and O–H groups in total. The van der Waals surface area contributed by atoms with Gasteiger partial charge >= 0.3 is 5.97 Å². The molecule has 6 heteroatoms. The Hall–Kier alpha value is -1.92. The van der Waals surface area contributed by atoms with Gasteiger partial charge in [0.2, 0.25) is 0 Å². The van der Waals surface area contributed by atoms with E-state index in [0.29, 0.717) is 38.2 Å². The monoisotopic (exact) mass is 307 g/mol. The van der Waals surface area contributed by atoms with Gasteiger partial charge in [-0.25, -0.2) is 4.79 Å². The molecule has 0 spiro atoms. The zero-order valence-electron chi connectivity index (χ0n) is 12.6. The van der Waals surface area contributed by atoms with E-state index in [2.05, 4.69) is 5.32 Å². The molecule has 0 bridgehead atoms. The summed E-state index contributed by atoms with van der Waals surface area (Å²) < 4.78 is 10.3. The second kappa shape index (κ2) is 7.91. The molecule has 22 heavy (non-hydrogen) atoms. The van der Waals surface area contributed by atoms with Gasteiger partial charge in [-0.2, -0.15) is 0 Å². The number of ether oxygens (including phenoxy) is 2. The highest BCUT2D eigenvalue weighted by Crippen LogP contribution is 2.19. The SMILES string of the molecule is COCc1ccc(C(=O)NC(C(=O)O)C2CCOCC2)cc1. The molecule has 0 radical (unpaired) electrons. The molecule has 0 saturated carbocycles. The molecule has 2 rings (SSSR count). The summed E-state index contributed by atoms with van der Waals surface area (Å²) >= 11 is 0. The number of rotatable bonds is 6. The van der Waals surface area contributed by atoms with Crippen molar-refractivity contribution in [2.45, 2.75) is 25.5 Å². The highest BCUT2D eigenvalue weighted by Gasteiger charge is 2.31. The molecular weight excluding hydrogens is 286 g/mol. The van der Waals surface area contributed by atoms with E-state index in [1.807, 2.05) is 0 Å². The number of carbonyl (C=O) groups excluding carboxylic acids is 1. The Bertz CT molecular complexity index is 508. The Morgan fingerprint density at radius 2 is 1.95 bits per heavy atom. The molecule has 1 unspecified atom stereocenters. The van der Waals surface area contributed by atoms with E-state index in [4.69, 9.17) is 9.47 Å². The van der Waals surface area contributed by atoms with Gasteiger partial charge in [0.1, 0.15) is 6.04 Å². The van der Waals surface area contributed by atoms with Gasteiger partial charge in [0, 0.05) is 25.9 Å². The third-order valence-corrected chi connectivity index (χ3v) is 3.82. The number of amides is 1. The van der Waals surface area contributed by atoms with Gasteiger partial charge in [-0.15, -0.1) is 0 Å². The molecule has 1 fully saturated rings. The fraction of sp³-hybridized carbons (Fsp3) is 0.500. The lowest BCUT2D eigenvalue weighted by molar-refractivity contribution is -0.141. The Kier molecular flexibility index (Phi) is 5.91. The average Bonchev–Trinajstić information content (AvgIpc) is 2.54. The summed E-state index contributed by atoms with van der Waals surface area (Å²) in [4.78, 5) is 23.7. The van der Waals surface area contributed by atoms with Gasteiger partial charge < -0.3 is 19.9 Å². The number of methoxy groups -OCH3 is 1. The van der Waals surface area contributed by atoms with Crippen molar-refractivity contribution < 1.29 is 24.2 Å². The van der Waals surface area contributed by atoms with Crippen LogP contribution in [-0.2, 0) is 20.9 Å². The van der Waals surface area contributed by atoms with Crippen molar-refractivity contribution in [3.8, 4) is 0 Å². The number of carbonyl (C=O) groups is 2. The van der Waals surface area contributed by atoms with Gasteiger partial charge in [-0.1, -0.05) is 12.1 Å². The third-order valence-electron chi connectivity index (χ3n) is 3.82. The molecule has 1 aliphatic heterocycles. The molecule has 120 valence electrons. The van der Waals surface area contributed by atoms with Crippen LogP contribution in [0.4, 0.5) is 0 Å². The van der Waals surface area contributed by atoms with Crippen LogP contribution in [0.15, 0.2) is 24.3 Å². The number of carboxylic acids is 1. The van der Waals surface area contributed by atoms with Crippen LogP contribution in [-0.4, -0.2) is 43.3 Å². The minimum Gasteiger partial charge on any atom is -0.480 e. The van der Waals surface area contributed by atoms with Gasteiger partial charge in [-0.05, 0) is 36.5 Å². The molecule has 1 atom stereocenters. The maximum atomic E-state index is 12.2. The normalized spacial score (nSPS) is 17.0. The van der Waals surface area contributed by atoms with Crippen molar-refractivity contribution in [2.24, 2.45) is 5.92 Å². The van der Waals surface area contributed by atoms with Crippen molar-refractivity contribution >= 4 is 11.9 Å². The molecule has 6 nitrogen and oxygen atoms in total. The Labute approximate surface area is 129 Å². The number of aliphatic carboxylic acids is 1. The predicted molar refractivity (Wildman–Crippen MR) is 79.6 cm³/mol. The molecule has 1 aliphatic rings. The number of carboxylic acid groups (broad SMARTS) is 1. The molecule has 0 aliphatic carbocycles. The summed E-state index contributed by atoms with van der Waals surface area (Å²) in [6, 6.07) is 6.06. The molecule has 1 amide bonds. The van der Waals surface area contributed by atoms with Gasteiger partial charge in [-0.3, -0.25) is 4.79 Å². The summed E-state index contributed by atoms with van der Waals surface area (Å²) in [5.41, 5.74) is 1.40. The topological polar surface area (TPSA) is 84.9 Å². The molecular formula is C16H21NO5. The Balaban J connectivity index is 2.02. The van der Waals surface area contributed by atoms with E-state index in [9.17, 15) is 14.7 Å². The lowest BCUT2D eigenvalue weighted by Gasteiger charge is -2.28. The zero-order chi connectivity index (χ0) is 15.9. The van der Waals surface area contributed by atoms with Crippen molar-refractivity contribution in [2.75, 3.05) is 20.3 Å². The molecule has 1 heterocycles.